The van der Waals surface area contributed by atoms with Crippen molar-refractivity contribution in [3.8, 4) is 0 Å². The fourth-order valence-electron chi connectivity index (χ4n) is 1.54. The van der Waals surface area contributed by atoms with Gasteiger partial charge >= 0.3 is 5.97 Å². The van der Waals surface area contributed by atoms with Crippen LogP contribution in [0.5, 0.6) is 0 Å². The Bertz CT molecular complexity index is 526. The van der Waals surface area contributed by atoms with E-state index in [0.29, 0.717) is 24.4 Å². The number of carbonyl (C=O) groups is 1. The molecule has 0 aliphatic carbocycles. The maximum absolute atomic E-state index is 11.6. The lowest BCUT2D eigenvalue weighted by atomic mass is 10.2. The quantitative estimate of drug-likeness (QED) is 0.833. The van der Waals surface area contributed by atoms with Gasteiger partial charge in [0, 0.05) is 12.1 Å². The van der Waals surface area contributed by atoms with Crippen molar-refractivity contribution in [2.45, 2.75) is 6.42 Å². The van der Waals surface area contributed by atoms with Gasteiger partial charge < -0.3 is 10.5 Å². The van der Waals surface area contributed by atoms with E-state index in [1.165, 1.54) is 0 Å². The van der Waals surface area contributed by atoms with Crippen LogP contribution in [0.25, 0.3) is 0 Å². The highest BCUT2D eigenvalue weighted by Crippen LogP contribution is 2.04. The van der Waals surface area contributed by atoms with Crippen LogP contribution in [0.3, 0.4) is 0 Å². The van der Waals surface area contributed by atoms with E-state index < -0.39 is 0 Å². The van der Waals surface area contributed by atoms with E-state index in [2.05, 4.69) is 4.98 Å². The monoisotopic (exact) mass is 242 g/mol. The number of pyridine rings is 1. The van der Waals surface area contributed by atoms with Crippen molar-refractivity contribution in [2.24, 2.45) is 0 Å². The van der Waals surface area contributed by atoms with Gasteiger partial charge in [-0.15, -0.1) is 0 Å². The number of rotatable bonds is 4. The number of esters is 1. The Kier molecular flexibility index (Phi) is 3.91. The molecule has 2 N–H and O–H groups in total. The number of nitrogens with zero attached hydrogens (tertiary/aromatic N) is 1. The summed E-state index contributed by atoms with van der Waals surface area (Å²) < 4.78 is 5.15. The van der Waals surface area contributed by atoms with Gasteiger partial charge in [-0.1, -0.05) is 24.3 Å². The molecule has 0 unspecified atom stereocenters. The summed E-state index contributed by atoms with van der Waals surface area (Å²) in [5.74, 6) is 0.154. The predicted octanol–water partition coefficient (Wildman–Crippen LogP) is 2.06. The highest BCUT2D eigenvalue weighted by molar-refractivity contribution is 5.89. The lowest BCUT2D eigenvalue weighted by molar-refractivity contribution is 0.0508. The largest absolute Gasteiger partial charge is 0.462 e. The molecule has 4 nitrogen and oxygen atoms in total. The zero-order chi connectivity index (χ0) is 12.8. The second-order valence-electron chi connectivity index (χ2n) is 3.81. The molecule has 0 amide bonds. The van der Waals surface area contributed by atoms with E-state index in [4.69, 9.17) is 10.5 Å². The fraction of sp³-hybridized carbons (Fsp3) is 0.143. The average Bonchev–Trinajstić information content (AvgIpc) is 2.40. The van der Waals surface area contributed by atoms with Crippen molar-refractivity contribution in [3.63, 3.8) is 0 Å². The molecule has 0 saturated heterocycles. The van der Waals surface area contributed by atoms with E-state index in [1.807, 2.05) is 18.2 Å². The molecule has 2 aromatic rings. The zero-order valence-corrected chi connectivity index (χ0v) is 9.87. The number of aromatic nitrogens is 1. The highest BCUT2D eigenvalue weighted by Gasteiger charge is 2.05. The Morgan fingerprint density at radius 2 is 1.89 bits per heavy atom. The number of hydrogen-bond acceptors (Lipinski definition) is 4. The number of carbonyl (C=O) groups excluding carboxylic acids is 1. The Morgan fingerprint density at radius 1 is 1.11 bits per heavy atom. The Morgan fingerprint density at radius 3 is 2.61 bits per heavy atom. The molecule has 1 heterocycles. The maximum Gasteiger partial charge on any atom is 0.338 e. The van der Waals surface area contributed by atoms with Crippen molar-refractivity contribution >= 4 is 11.8 Å². The smallest absolute Gasteiger partial charge is 0.338 e. The average molecular weight is 242 g/mol. The lowest BCUT2D eigenvalue weighted by Crippen LogP contribution is -2.08. The van der Waals surface area contributed by atoms with Crippen molar-refractivity contribution < 1.29 is 9.53 Å². The van der Waals surface area contributed by atoms with E-state index >= 15 is 0 Å². The van der Waals surface area contributed by atoms with E-state index in [-0.39, 0.29) is 5.97 Å². The SMILES string of the molecule is Nc1cccc(CCOC(=O)c2ccccc2)n1. The maximum atomic E-state index is 11.6. The van der Waals surface area contributed by atoms with Crippen LogP contribution in [0.4, 0.5) is 5.82 Å². The summed E-state index contributed by atoms with van der Waals surface area (Å²) in [6.07, 6.45) is 0.559. The molecule has 0 aliphatic rings. The molecule has 2 rings (SSSR count). The zero-order valence-electron chi connectivity index (χ0n) is 9.87. The first kappa shape index (κ1) is 12.1. The molecule has 18 heavy (non-hydrogen) atoms. The highest BCUT2D eigenvalue weighted by atomic mass is 16.5. The Labute approximate surface area is 105 Å². The number of anilines is 1. The molecule has 0 atom stereocenters. The first-order chi connectivity index (χ1) is 8.75. The third-order valence-electron chi connectivity index (χ3n) is 2.43. The molecule has 0 fully saturated rings. The van der Waals surface area contributed by atoms with Crippen molar-refractivity contribution in [3.05, 3.63) is 59.8 Å². The summed E-state index contributed by atoms with van der Waals surface area (Å²) in [5.41, 5.74) is 6.93. The minimum absolute atomic E-state index is 0.296. The van der Waals surface area contributed by atoms with Gasteiger partial charge in [-0.3, -0.25) is 0 Å². The van der Waals surface area contributed by atoms with Crippen LogP contribution in [-0.2, 0) is 11.2 Å². The summed E-state index contributed by atoms with van der Waals surface area (Å²) in [7, 11) is 0. The minimum Gasteiger partial charge on any atom is -0.462 e. The van der Waals surface area contributed by atoms with Gasteiger partial charge in [-0.05, 0) is 24.3 Å². The molecule has 0 spiro atoms. The number of ether oxygens (including phenoxy) is 1. The van der Waals surface area contributed by atoms with Gasteiger partial charge in [0.1, 0.15) is 5.82 Å². The number of nitrogen functional groups attached to an aromatic ring is 1. The molecule has 1 aromatic carbocycles. The third-order valence-corrected chi connectivity index (χ3v) is 2.43. The van der Waals surface area contributed by atoms with Gasteiger partial charge in [-0.2, -0.15) is 0 Å². The predicted molar refractivity (Wildman–Crippen MR) is 69.1 cm³/mol. The first-order valence-corrected chi connectivity index (χ1v) is 5.69. The van der Waals surface area contributed by atoms with Crippen LogP contribution in [0.2, 0.25) is 0 Å². The van der Waals surface area contributed by atoms with Gasteiger partial charge in [0.15, 0.2) is 0 Å². The molecule has 4 heteroatoms. The minimum atomic E-state index is -0.320. The second-order valence-corrected chi connectivity index (χ2v) is 3.81. The Hall–Kier alpha value is -2.36. The molecule has 0 bridgehead atoms. The van der Waals surface area contributed by atoms with Crippen molar-refractivity contribution in [1.29, 1.82) is 0 Å². The summed E-state index contributed by atoms with van der Waals surface area (Å²) in [4.78, 5) is 15.8. The third kappa shape index (κ3) is 3.31. The van der Waals surface area contributed by atoms with Crippen LogP contribution in [-0.4, -0.2) is 17.6 Å². The van der Waals surface area contributed by atoms with E-state index in [0.717, 1.165) is 5.69 Å². The van der Waals surface area contributed by atoms with Crippen molar-refractivity contribution in [1.82, 2.24) is 4.98 Å². The Balaban J connectivity index is 1.84. The number of nitrogens with two attached hydrogens (primary N) is 1. The van der Waals surface area contributed by atoms with Gasteiger partial charge in [-0.25, -0.2) is 9.78 Å². The summed E-state index contributed by atoms with van der Waals surface area (Å²) in [6.45, 7) is 0.296. The normalized spacial score (nSPS) is 10.0. The molecule has 0 saturated carbocycles. The van der Waals surface area contributed by atoms with Crippen LogP contribution in [0.1, 0.15) is 16.1 Å². The molecule has 92 valence electrons. The summed E-state index contributed by atoms with van der Waals surface area (Å²) >= 11 is 0. The molecule has 0 radical (unpaired) electrons. The first-order valence-electron chi connectivity index (χ1n) is 5.69. The van der Waals surface area contributed by atoms with E-state index in [9.17, 15) is 4.79 Å². The van der Waals surface area contributed by atoms with Crippen LogP contribution >= 0.6 is 0 Å². The summed E-state index contributed by atoms with van der Waals surface area (Å²) in [5, 5.41) is 0. The van der Waals surface area contributed by atoms with Crippen molar-refractivity contribution in [2.75, 3.05) is 12.3 Å². The number of hydrogen-bond donors (Lipinski definition) is 1. The molecule has 0 aliphatic heterocycles. The van der Waals surface area contributed by atoms with E-state index in [1.54, 1.807) is 30.3 Å². The lowest BCUT2D eigenvalue weighted by Gasteiger charge is -2.04. The summed E-state index contributed by atoms with van der Waals surface area (Å²) in [6, 6.07) is 14.3. The molecular formula is C14H14N2O2. The second kappa shape index (κ2) is 5.82. The van der Waals surface area contributed by atoms with Crippen LogP contribution < -0.4 is 5.73 Å². The van der Waals surface area contributed by atoms with Gasteiger partial charge in [0.05, 0.1) is 12.2 Å². The fourth-order valence-corrected chi connectivity index (χ4v) is 1.54. The molecular weight excluding hydrogens is 228 g/mol. The number of benzene rings is 1. The van der Waals surface area contributed by atoms with Gasteiger partial charge in [0.2, 0.25) is 0 Å². The van der Waals surface area contributed by atoms with Crippen LogP contribution in [0.15, 0.2) is 48.5 Å². The standard InChI is InChI=1S/C14H14N2O2/c15-13-8-4-7-12(16-13)9-10-18-14(17)11-5-2-1-3-6-11/h1-8H,9-10H2,(H2,15,16). The van der Waals surface area contributed by atoms with Crippen LogP contribution in [0, 0.1) is 0 Å². The molecule has 1 aromatic heterocycles. The topological polar surface area (TPSA) is 65.2 Å². The van der Waals surface area contributed by atoms with Gasteiger partial charge in [0.25, 0.3) is 0 Å².